The van der Waals surface area contributed by atoms with E-state index in [-0.39, 0.29) is 6.54 Å². The van der Waals surface area contributed by atoms with Crippen LogP contribution >= 0.6 is 22.6 Å². The minimum Gasteiger partial charge on any atom is -0.296 e. The van der Waals surface area contributed by atoms with E-state index < -0.39 is 6.67 Å². The molecule has 1 rings (SSSR count). The first kappa shape index (κ1) is 8.63. The summed E-state index contributed by atoms with van der Waals surface area (Å²) in [6, 6.07) is 1.61. The average molecular weight is 268 g/mol. The second kappa shape index (κ2) is 3.80. The van der Waals surface area contributed by atoms with E-state index in [9.17, 15) is 9.18 Å². The Kier molecular flexibility index (Phi) is 2.98. The van der Waals surface area contributed by atoms with Crippen LogP contribution in [0.3, 0.4) is 0 Å². The minimum atomic E-state index is -0.501. The van der Waals surface area contributed by atoms with Crippen LogP contribution < -0.4 is 0 Å². The van der Waals surface area contributed by atoms with Gasteiger partial charge in [-0.1, -0.05) is 0 Å². The highest BCUT2D eigenvalue weighted by Crippen LogP contribution is 2.04. The maximum absolute atomic E-state index is 11.8. The van der Waals surface area contributed by atoms with Gasteiger partial charge in [0.05, 0.1) is 6.54 Å². The van der Waals surface area contributed by atoms with Gasteiger partial charge in [0.2, 0.25) is 0 Å². The second-order valence-corrected chi connectivity index (χ2v) is 3.03. The fourth-order valence-electron chi connectivity index (χ4n) is 0.752. The van der Waals surface area contributed by atoms with Crippen LogP contribution in [-0.4, -0.2) is 22.7 Å². The van der Waals surface area contributed by atoms with Crippen LogP contribution in [0.25, 0.3) is 0 Å². The molecule has 0 N–H and O–H groups in total. The van der Waals surface area contributed by atoms with E-state index in [1.807, 2.05) is 22.6 Å². The Bertz CT molecular complexity index is 261. The highest BCUT2D eigenvalue weighted by molar-refractivity contribution is 14.1. The molecule has 0 atom stereocenters. The molecule has 0 aliphatic rings. The van der Waals surface area contributed by atoms with Crippen molar-refractivity contribution in [2.24, 2.45) is 0 Å². The van der Waals surface area contributed by atoms with Gasteiger partial charge in [-0.05, 0) is 22.6 Å². The van der Waals surface area contributed by atoms with Crippen LogP contribution in [0.4, 0.5) is 4.39 Å². The van der Waals surface area contributed by atoms with E-state index in [1.165, 1.54) is 4.68 Å². The fraction of sp³-hybridized carbons (Fsp3) is 0.333. The monoisotopic (exact) mass is 268 g/mol. The standard InChI is InChI=1S/C6H6FIN2O/c7-1-2-10-5(4-11)3-6(8)9-10/h3-4H,1-2H2. The van der Waals surface area contributed by atoms with Crippen molar-refractivity contribution in [3.8, 4) is 0 Å². The molecular formula is C6H6FIN2O. The number of hydrogen-bond acceptors (Lipinski definition) is 2. The number of carbonyl (C=O) groups is 1. The van der Waals surface area contributed by atoms with Gasteiger partial charge in [0.1, 0.15) is 16.1 Å². The van der Waals surface area contributed by atoms with E-state index in [1.54, 1.807) is 6.07 Å². The third kappa shape index (κ3) is 1.98. The summed E-state index contributed by atoms with van der Waals surface area (Å²) in [4.78, 5) is 10.3. The molecule has 0 saturated heterocycles. The first-order valence-corrected chi connectivity index (χ1v) is 4.10. The lowest BCUT2D eigenvalue weighted by atomic mass is 10.5. The van der Waals surface area contributed by atoms with Gasteiger partial charge in [0.15, 0.2) is 6.29 Å². The van der Waals surface area contributed by atoms with Crippen LogP contribution in [0, 0.1) is 3.70 Å². The Balaban J connectivity index is 2.92. The first-order valence-electron chi connectivity index (χ1n) is 3.02. The van der Waals surface area contributed by atoms with Gasteiger partial charge in [0, 0.05) is 6.07 Å². The number of aryl methyl sites for hydroxylation is 1. The molecule has 0 fully saturated rings. The number of halogens is 2. The molecule has 3 nitrogen and oxygen atoms in total. The van der Waals surface area contributed by atoms with E-state index >= 15 is 0 Å². The van der Waals surface area contributed by atoms with Gasteiger partial charge < -0.3 is 0 Å². The maximum atomic E-state index is 11.8. The number of hydrogen-bond donors (Lipinski definition) is 0. The van der Waals surface area contributed by atoms with Gasteiger partial charge in [-0.25, -0.2) is 4.39 Å². The van der Waals surface area contributed by atoms with Crippen LogP contribution in [0.5, 0.6) is 0 Å². The van der Waals surface area contributed by atoms with Gasteiger partial charge >= 0.3 is 0 Å². The zero-order valence-corrected chi connectivity index (χ0v) is 7.79. The fourth-order valence-corrected chi connectivity index (χ4v) is 1.33. The Morgan fingerprint density at radius 2 is 2.55 bits per heavy atom. The Morgan fingerprint density at radius 3 is 3.09 bits per heavy atom. The zero-order chi connectivity index (χ0) is 8.27. The lowest BCUT2D eigenvalue weighted by molar-refractivity contribution is 0.111. The predicted octanol–water partition coefficient (Wildman–Crippen LogP) is 1.27. The van der Waals surface area contributed by atoms with E-state index in [2.05, 4.69) is 5.10 Å². The molecule has 0 aliphatic heterocycles. The molecule has 0 radical (unpaired) electrons. The van der Waals surface area contributed by atoms with Crippen LogP contribution in [-0.2, 0) is 6.54 Å². The molecule has 0 amide bonds. The molecular weight excluding hydrogens is 262 g/mol. The highest BCUT2D eigenvalue weighted by atomic mass is 127. The van der Waals surface area contributed by atoms with Crippen molar-refractivity contribution in [3.05, 3.63) is 15.5 Å². The van der Waals surface area contributed by atoms with E-state index in [0.29, 0.717) is 15.7 Å². The first-order chi connectivity index (χ1) is 5.27. The predicted molar refractivity (Wildman–Crippen MR) is 46.3 cm³/mol. The molecule has 0 bridgehead atoms. The Hall–Kier alpha value is -0.460. The van der Waals surface area contributed by atoms with Gasteiger partial charge in [-0.3, -0.25) is 9.48 Å². The molecule has 1 heterocycles. The summed E-state index contributed by atoms with van der Waals surface area (Å²) >= 11 is 1.98. The number of rotatable bonds is 3. The normalized spacial score (nSPS) is 10.0. The summed E-state index contributed by atoms with van der Waals surface area (Å²) in [5.74, 6) is 0. The second-order valence-electron chi connectivity index (χ2n) is 1.92. The van der Waals surface area contributed by atoms with Crippen LogP contribution in [0.2, 0.25) is 0 Å². The smallest absolute Gasteiger partial charge is 0.168 e. The lowest BCUT2D eigenvalue weighted by Gasteiger charge is -1.96. The Morgan fingerprint density at radius 1 is 1.82 bits per heavy atom. The number of carbonyl (C=O) groups excluding carboxylic acids is 1. The molecule has 1 aromatic rings. The molecule has 0 spiro atoms. The third-order valence-corrected chi connectivity index (χ3v) is 1.73. The quantitative estimate of drug-likeness (QED) is 0.611. The molecule has 0 aromatic carbocycles. The van der Waals surface area contributed by atoms with Crippen molar-refractivity contribution in [1.29, 1.82) is 0 Å². The van der Waals surface area contributed by atoms with Gasteiger partial charge in [-0.15, -0.1) is 0 Å². The molecule has 1 aromatic heterocycles. The summed E-state index contributed by atoms with van der Waals surface area (Å²) < 4.78 is 13.9. The van der Waals surface area contributed by atoms with Gasteiger partial charge in [0.25, 0.3) is 0 Å². The number of nitrogens with zero attached hydrogens (tertiary/aromatic N) is 2. The average Bonchev–Trinajstić information content (AvgIpc) is 2.32. The number of alkyl halides is 1. The molecule has 60 valence electrons. The van der Waals surface area contributed by atoms with Crippen molar-refractivity contribution < 1.29 is 9.18 Å². The SMILES string of the molecule is O=Cc1cc(I)nn1CCF. The summed E-state index contributed by atoms with van der Waals surface area (Å²) in [6.07, 6.45) is 0.671. The summed E-state index contributed by atoms with van der Waals surface area (Å²) in [6.45, 7) is -0.352. The summed E-state index contributed by atoms with van der Waals surface area (Å²) in [5.41, 5.74) is 0.423. The van der Waals surface area contributed by atoms with E-state index in [4.69, 9.17) is 0 Å². The molecule has 11 heavy (non-hydrogen) atoms. The van der Waals surface area contributed by atoms with Gasteiger partial charge in [-0.2, -0.15) is 5.10 Å². The van der Waals surface area contributed by atoms with Crippen molar-refractivity contribution in [3.63, 3.8) is 0 Å². The maximum Gasteiger partial charge on any atom is 0.168 e. The van der Waals surface area contributed by atoms with Crippen LogP contribution in [0.15, 0.2) is 6.07 Å². The van der Waals surface area contributed by atoms with E-state index in [0.717, 1.165) is 0 Å². The molecule has 0 unspecified atom stereocenters. The lowest BCUT2D eigenvalue weighted by Crippen LogP contribution is -2.05. The Labute approximate surface area is 76.7 Å². The molecule has 0 saturated carbocycles. The highest BCUT2D eigenvalue weighted by Gasteiger charge is 2.03. The molecule has 0 aliphatic carbocycles. The van der Waals surface area contributed by atoms with Crippen molar-refractivity contribution in [2.45, 2.75) is 6.54 Å². The van der Waals surface area contributed by atoms with Crippen molar-refractivity contribution in [1.82, 2.24) is 9.78 Å². The number of aldehydes is 1. The van der Waals surface area contributed by atoms with Crippen LogP contribution in [0.1, 0.15) is 10.5 Å². The zero-order valence-electron chi connectivity index (χ0n) is 5.63. The molecule has 5 heteroatoms. The largest absolute Gasteiger partial charge is 0.296 e. The van der Waals surface area contributed by atoms with Crippen molar-refractivity contribution >= 4 is 28.9 Å². The summed E-state index contributed by atoms with van der Waals surface area (Å²) in [5, 5.41) is 3.90. The number of aromatic nitrogens is 2. The summed E-state index contributed by atoms with van der Waals surface area (Å²) in [7, 11) is 0. The third-order valence-electron chi connectivity index (χ3n) is 1.20. The van der Waals surface area contributed by atoms with Crippen molar-refractivity contribution in [2.75, 3.05) is 6.67 Å². The minimum absolute atomic E-state index is 0.150. The topological polar surface area (TPSA) is 34.9 Å².